The predicted octanol–water partition coefficient (Wildman–Crippen LogP) is 2.28. The SMILES string of the molecule is CC(=O)c1ccccc1C(=O)N1CCC(OCCCN)CC1.Cl. The Morgan fingerprint density at radius 2 is 1.83 bits per heavy atom. The second-order valence-corrected chi connectivity index (χ2v) is 5.61. The van der Waals surface area contributed by atoms with Crippen LogP contribution in [0.4, 0.5) is 0 Å². The Bertz CT molecular complexity index is 528. The highest BCUT2D eigenvalue weighted by atomic mass is 35.5. The minimum atomic E-state index is -0.0797. The van der Waals surface area contributed by atoms with Gasteiger partial charge in [-0.15, -0.1) is 12.4 Å². The molecular weight excluding hydrogens is 316 g/mol. The number of nitrogens with zero attached hydrogens (tertiary/aromatic N) is 1. The molecule has 0 unspecified atom stereocenters. The van der Waals surface area contributed by atoms with Gasteiger partial charge in [-0.1, -0.05) is 18.2 Å². The Kier molecular flexibility index (Phi) is 8.23. The third-order valence-electron chi connectivity index (χ3n) is 3.97. The molecule has 0 aliphatic carbocycles. The number of ketones is 1. The summed E-state index contributed by atoms with van der Waals surface area (Å²) in [7, 11) is 0. The number of nitrogens with two attached hydrogens (primary N) is 1. The van der Waals surface area contributed by atoms with E-state index in [1.165, 1.54) is 6.92 Å². The van der Waals surface area contributed by atoms with Crippen molar-refractivity contribution < 1.29 is 14.3 Å². The number of piperidine rings is 1. The first-order valence-electron chi connectivity index (χ1n) is 7.84. The van der Waals surface area contributed by atoms with Crippen LogP contribution in [-0.4, -0.2) is 48.9 Å². The van der Waals surface area contributed by atoms with Gasteiger partial charge >= 0.3 is 0 Å². The second kappa shape index (κ2) is 9.65. The fourth-order valence-electron chi connectivity index (χ4n) is 2.71. The van der Waals surface area contributed by atoms with Gasteiger partial charge in [-0.2, -0.15) is 0 Å². The fourth-order valence-corrected chi connectivity index (χ4v) is 2.71. The minimum Gasteiger partial charge on any atom is -0.378 e. The van der Waals surface area contributed by atoms with E-state index in [-0.39, 0.29) is 30.2 Å². The molecule has 1 aromatic carbocycles. The molecule has 0 saturated carbocycles. The van der Waals surface area contributed by atoms with Gasteiger partial charge in [-0.05, 0) is 38.8 Å². The van der Waals surface area contributed by atoms with E-state index in [0.717, 1.165) is 19.3 Å². The van der Waals surface area contributed by atoms with Crippen LogP contribution in [0.1, 0.15) is 46.9 Å². The molecule has 2 N–H and O–H groups in total. The zero-order valence-corrected chi connectivity index (χ0v) is 14.3. The summed E-state index contributed by atoms with van der Waals surface area (Å²) in [6.45, 7) is 4.14. The summed E-state index contributed by atoms with van der Waals surface area (Å²) >= 11 is 0. The Hall–Kier alpha value is -1.43. The Morgan fingerprint density at radius 1 is 1.22 bits per heavy atom. The number of carbonyl (C=O) groups is 2. The lowest BCUT2D eigenvalue weighted by atomic mass is 10.0. The van der Waals surface area contributed by atoms with E-state index in [9.17, 15) is 9.59 Å². The van der Waals surface area contributed by atoms with E-state index in [1.807, 2.05) is 4.90 Å². The van der Waals surface area contributed by atoms with E-state index in [2.05, 4.69) is 0 Å². The van der Waals surface area contributed by atoms with Crippen molar-refractivity contribution in [2.45, 2.75) is 32.3 Å². The Labute approximate surface area is 143 Å². The number of Topliss-reactive ketones (excluding diaryl/α,β-unsaturated/α-hetero) is 1. The Morgan fingerprint density at radius 3 is 2.39 bits per heavy atom. The number of carbonyl (C=O) groups excluding carboxylic acids is 2. The first kappa shape index (κ1) is 19.6. The van der Waals surface area contributed by atoms with Crippen LogP contribution >= 0.6 is 12.4 Å². The van der Waals surface area contributed by atoms with Gasteiger partial charge in [0.2, 0.25) is 0 Å². The fraction of sp³-hybridized carbons (Fsp3) is 0.529. The molecule has 1 aromatic rings. The number of benzene rings is 1. The first-order chi connectivity index (χ1) is 10.6. The van der Waals surface area contributed by atoms with Crippen LogP contribution in [0, 0.1) is 0 Å². The van der Waals surface area contributed by atoms with Gasteiger partial charge in [0.25, 0.3) is 5.91 Å². The third kappa shape index (κ3) is 5.30. The second-order valence-electron chi connectivity index (χ2n) is 5.61. The van der Waals surface area contributed by atoms with Gasteiger partial charge in [0, 0.05) is 25.3 Å². The summed E-state index contributed by atoms with van der Waals surface area (Å²) < 4.78 is 5.75. The summed E-state index contributed by atoms with van der Waals surface area (Å²) in [5, 5.41) is 0. The number of amides is 1. The van der Waals surface area contributed by atoms with Crippen LogP contribution in [0.2, 0.25) is 0 Å². The number of halogens is 1. The molecule has 1 saturated heterocycles. The molecule has 1 heterocycles. The molecule has 5 nitrogen and oxygen atoms in total. The van der Waals surface area contributed by atoms with E-state index in [4.69, 9.17) is 10.5 Å². The van der Waals surface area contributed by atoms with Crippen molar-refractivity contribution in [1.29, 1.82) is 0 Å². The lowest BCUT2D eigenvalue weighted by Crippen LogP contribution is -2.41. The lowest BCUT2D eigenvalue weighted by Gasteiger charge is -2.32. The normalized spacial score (nSPS) is 15.1. The van der Waals surface area contributed by atoms with Crippen molar-refractivity contribution >= 4 is 24.1 Å². The summed E-state index contributed by atoms with van der Waals surface area (Å²) in [5.41, 5.74) is 6.44. The summed E-state index contributed by atoms with van der Waals surface area (Å²) in [6, 6.07) is 7.01. The molecule has 2 rings (SSSR count). The van der Waals surface area contributed by atoms with Gasteiger partial charge < -0.3 is 15.4 Å². The van der Waals surface area contributed by atoms with E-state index in [1.54, 1.807) is 24.3 Å². The molecule has 0 aromatic heterocycles. The predicted molar refractivity (Wildman–Crippen MR) is 92.2 cm³/mol. The van der Waals surface area contributed by atoms with Crippen LogP contribution in [-0.2, 0) is 4.74 Å². The summed E-state index contributed by atoms with van der Waals surface area (Å²) in [6.07, 6.45) is 2.74. The maximum Gasteiger partial charge on any atom is 0.254 e. The maximum atomic E-state index is 12.6. The van der Waals surface area contributed by atoms with Gasteiger partial charge in [-0.3, -0.25) is 9.59 Å². The highest BCUT2D eigenvalue weighted by Crippen LogP contribution is 2.18. The smallest absolute Gasteiger partial charge is 0.254 e. The summed E-state index contributed by atoms with van der Waals surface area (Å²) in [5.74, 6) is -0.143. The Balaban J connectivity index is 0.00000264. The first-order valence-corrected chi connectivity index (χ1v) is 7.84. The average molecular weight is 341 g/mol. The monoisotopic (exact) mass is 340 g/mol. The molecule has 6 heteroatoms. The van der Waals surface area contributed by atoms with E-state index >= 15 is 0 Å². The van der Waals surface area contributed by atoms with Crippen LogP contribution in [0.25, 0.3) is 0 Å². The highest BCUT2D eigenvalue weighted by molar-refractivity contribution is 6.07. The van der Waals surface area contributed by atoms with Crippen LogP contribution < -0.4 is 5.73 Å². The van der Waals surface area contributed by atoms with Gasteiger partial charge in [-0.25, -0.2) is 0 Å². The number of ether oxygens (including phenoxy) is 1. The molecule has 128 valence electrons. The molecule has 1 aliphatic heterocycles. The standard InChI is InChI=1S/C17H24N2O3.ClH/c1-13(20)15-5-2-3-6-16(15)17(21)19-10-7-14(8-11-19)22-12-4-9-18;/h2-3,5-6,14H,4,7-12,18H2,1H3;1H. The van der Waals surface area contributed by atoms with E-state index in [0.29, 0.717) is 37.4 Å². The average Bonchev–Trinajstić information content (AvgIpc) is 2.55. The van der Waals surface area contributed by atoms with Crippen molar-refractivity contribution in [3.05, 3.63) is 35.4 Å². The molecule has 1 amide bonds. The number of rotatable bonds is 6. The quantitative estimate of drug-likeness (QED) is 0.637. The third-order valence-corrected chi connectivity index (χ3v) is 3.97. The number of hydrogen-bond donors (Lipinski definition) is 1. The lowest BCUT2D eigenvalue weighted by molar-refractivity contribution is 0.00840. The number of hydrogen-bond acceptors (Lipinski definition) is 4. The van der Waals surface area contributed by atoms with Gasteiger partial charge in [0.05, 0.1) is 11.7 Å². The van der Waals surface area contributed by atoms with Crippen molar-refractivity contribution in [2.24, 2.45) is 5.73 Å². The van der Waals surface area contributed by atoms with Crippen molar-refractivity contribution in [1.82, 2.24) is 4.90 Å². The molecule has 0 spiro atoms. The summed E-state index contributed by atoms with van der Waals surface area (Å²) in [4.78, 5) is 26.1. The topological polar surface area (TPSA) is 72.6 Å². The zero-order chi connectivity index (χ0) is 15.9. The van der Waals surface area contributed by atoms with Crippen molar-refractivity contribution in [3.8, 4) is 0 Å². The highest BCUT2D eigenvalue weighted by Gasteiger charge is 2.25. The van der Waals surface area contributed by atoms with Crippen molar-refractivity contribution in [3.63, 3.8) is 0 Å². The van der Waals surface area contributed by atoms with Gasteiger partial charge in [0.1, 0.15) is 0 Å². The van der Waals surface area contributed by atoms with Crippen molar-refractivity contribution in [2.75, 3.05) is 26.2 Å². The van der Waals surface area contributed by atoms with Crippen LogP contribution in [0.5, 0.6) is 0 Å². The molecule has 0 radical (unpaired) electrons. The largest absolute Gasteiger partial charge is 0.378 e. The molecule has 0 atom stereocenters. The van der Waals surface area contributed by atoms with Gasteiger partial charge in [0.15, 0.2) is 5.78 Å². The molecule has 1 fully saturated rings. The minimum absolute atomic E-state index is 0. The van der Waals surface area contributed by atoms with Crippen LogP contribution in [0.15, 0.2) is 24.3 Å². The molecule has 23 heavy (non-hydrogen) atoms. The van der Waals surface area contributed by atoms with E-state index < -0.39 is 0 Å². The molecular formula is C17H25ClN2O3. The zero-order valence-electron chi connectivity index (χ0n) is 13.5. The molecule has 0 bridgehead atoms. The maximum absolute atomic E-state index is 12.6. The number of likely N-dealkylation sites (tertiary alicyclic amines) is 1. The molecule has 1 aliphatic rings. The van der Waals surface area contributed by atoms with Crippen LogP contribution in [0.3, 0.4) is 0 Å².